The zero-order valence-corrected chi connectivity index (χ0v) is 7.33. The van der Waals surface area contributed by atoms with Gasteiger partial charge >= 0.3 is 0 Å². The Morgan fingerprint density at radius 1 is 1.25 bits per heavy atom. The minimum atomic E-state index is 0.140. The van der Waals surface area contributed by atoms with Crippen molar-refractivity contribution in [2.75, 3.05) is 0 Å². The highest BCUT2D eigenvalue weighted by molar-refractivity contribution is 5.63. The van der Waals surface area contributed by atoms with Crippen molar-refractivity contribution in [3.63, 3.8) is 0 Å². The van der Waals surface area contributed by atoms with Gasteiger partial charge in [0.15, 0.2) is 0 Å². The lowest BCUT2D eigenvalue weighted by atomic mass is 9.93. The van der Waals surface area contributed by atoms with Crippen molar-refractivity contribution in [1.29, 1.82) is 0 Å². The van der Waals surface area contributed by atoms with E-state index in [0.29, 0.717) is 0 Å². The number of H-pyrrole nitrogens is 1. The average molecular weight is 160 g/mol. The maximum Gasteiger partial charge on any atom is 0.0931 e. The third-order valence-electron chi connectivity index (χ3n) is 2.05. The van der Waals surface area contributed by atoms with Gasteiger partial charge in [-0.25, -0.2) is 4.98 Å². The Morgan fingerprint density at radius 2 is 2.00 bits per heavy atom. The summed E-state index contributed by atoms with van der Waals surface area (Å²) in [5.74, 6) is 0. The Labute approximate surface area is 72.0 Å². The molecule has 1 aliphatic carbocycles. The van der Waals surface area contributed by atoms with Crippen LogP contribution in [0.1, 0.15) is 25.2 Å². The van der Waals surface area contributed by atoms with E-state index in [1.54, 1.807) is 6.33 Å². The zero-order valence-electron chi connectivity index (χ0n) is 7.33. The lowest BCUT2D eigenvalue weighted by molar-refractivity contribution is 0.633. The molecule has 0 aromatic carbocycles. The smallest absolute Gasteiger partial charge is 0.0931 e. The third kappa shape index (κ3) is 1.20. The molecule has 2 nitrogen and oxygen atoms in total. The number of nitrogens with one attached hydrogen (secondary N) is 1. The van der Waals surface area contributed by atoms with Crippen LogP contribution in [0.15, 0.2) is 18.5 Å². The molecule has 0 amide bonds. The predicted molar refractivity (Wildman–Crippen MR) is 50.4 cm³/mol. The van der Waals surface area contributed by atoms with Crippen LogP contribution in [-0.2, 0) is 0 Å². The van der Waals surface area contributed by atoms with E-state index in [0.717, 1.165) is 11.4 Å². The van der Waals surface area contributed by atoms with Gasteiger partial charge in [-0.2, -0.15) is 0 Å². The number of fused-ring (bicyclic) bond motifs is 1. The summed E-state index contributed by atoms with van der Waals surface area (Å²) in [7, 11) is 0. The van der Waals surface area contributed by atoms with Gasteiger partial charge in [0.25, 0.3) is 0 Å². The molecule has 12 heavy (non-hydrogen) atoms. The van der Waals surface area contributed by atoms with Crippen LogP contribution < -0.4 is 0 Å². The molecule has 1 aliphatic rings. The zero-order chi connectivity index (χ0) is 8.60. The number of imidazole rings is 1. The van der Waals surface area contributed by atoms with Gasteiger partial charge in [-0.3, -0.25) is 0 Å². The van der Waals surface area contributed by atoms with Gasteiger partial charge in [0, 0.05) is 5.41 Å². The summed E-state index contributed by atoms with van der Waals surface area (Å²) in [6, 6.07) is 0. The van der Waals surface area contributed by atoms with Crippen LogP contribution in [0, 0.1) is 5.41 Å². The van der Waals surface area contributed by atoms with Gasteiger partial charge in [-0.05, 0) is 12.2 Å². The second kappa shape index (κ2) is 2.34. The first-order valence-corrected chi connectivity index (χ1v) is 4.09. The largest absolute Gasteiger partial charge is 0.345 e. The van der Waals surface area contributed by atoms with Crippen LogP contribution in [0.4, 0.5) is 0 Å². The molecule has 0 unspecified atom stereocenters. The van der Waals surface area contributed by atoms with E-state index >= 15 is 0 Å². The van der Waals surface area contributed by atoms with Crippen LogP contribution in [0.25, 0.3) is 12.2 Å². The second-order valence-electron chi connectivity index (χ2n) is 3.69. The fraction of sp³-hybridized carbons (Fsp3) is 0.300. The van der Waals surface area contributed by atoms with Crippen molar-refractivity contribution in [1.82, 2.24) is 9.97 Å². The molecule has 1 N–H and O–H groups in total. The highest BCUT2D eigenvalue weighted by Crippen LogP contribution is 2.25. The number of hydrogen-bond acceptors (Lipinski definition) is 1. The first-order chi connectivity index (χ1) is 5.67. The fourth-order valence-corrected chi connectivity index (χ4v) is 1.23. The number of hydrogen-bond donors (Lipinski definition) is 1. The summed E-state index contributed by atoms with van der Waals surface area (Å²) in [5.41, 5.74) is 2.26. The van der Waals surface area contributed by atoms with E-state index in [1.165, 1.54) is 0 Å². The van der Waals surface area contributed by atoms with Gasteiger partial charge in [-0.1, -0.05) is 26.0 Å². The molecule has 0 saturated heterocycles. The van der Waals surface area contributed by atoms with E-state index < -0.39 is 0 Å². The molecule has 1 aromatic rings. The van der Waals surface area contributed by atoms with E-state index in [2.05, 4.69) is 48.1 Å². The Balaban J connectivity index is 2.49. The molecule has 0 bridgehead atoms. The second-order valence-corrected chi connectivity index (χ2v) is 3.69. The van der Waals surface area contributed by atoms with Crippen LogP contribution >= 0.6 is 0 Å². The molecule has 1 aromatic heterocycles. The highest BCUT2D eigenvalue weighted by atomic mass is 14.9. The standard InChI is InChI=1S/C10H12N2/c1-10(2)5-3-8-9(4-6-10)12-7-11-8/h3-7H,1-2H3,(H,11,12). The van der Waals surface area contributed by atoms with Gasteiger partial charge in [0.05, 0.1) is 17.7 Å². The van der Waals surface area contributed by atoms with E-state index in [9.17, 15) is 0 Å². The summed E-state index contributed by atoms with van der Waals surface area (Å²) in [4.78, 5) is 7.27. The third-order valence-corrected chi connectivity index (χ3v) is 2.05. The van der Waals surface area contributed by atoms with Gasteiger partial charge < -0.3 is 4.98 Å². The monoisotopic (exact) mass is 160 g/mol. The van der Waals surface area contributed by atoms with Crippen LogP contribution in [0.3, 0.4) is 0 Å². The summed E-state index contributed by atoms with van der Waals surface area (Å²) in [6.45, 7) is 4.34. The average Bonchev–Trinajstić information content (AvgIpc) is 2.40. The topological polar surface area (TPSA) is 28.7 Å². The highest BCUT2D eigenvalue weighted by Gasteiger charge is 2.12. The molecule has 1 heterocycles. The summed E-state index contributed by atoms with van der Waals surface area (Å²) < 4.78 is 0. The normalized spacial score (nSPS) is 18.8. The Kier molecular flexibility index (Phi) is 1.43. The molecule has 2 rings (SSSR count). The number of aromatic amines is 1. The number of nitrogens with zero attached hydrogens (tertiary/aromatic N) is 1. The molecule has 0 aliphatic heterocycles. The minimum absolute atomic E-state index is 0.140. The number of rotatable bonds is 0. The van der Waals surface area contributed by atoms with Crippen molar-refractivity contribution in [2.24, 2.45) is 5.41 Å². The maximum atomic E-state index is 4.19. The van der Waals surface area contributed by atoms with Crippen molar-refractivity contribution in [3.8, 4) is 0 Å². The molecule has 0 spiro atoms. The minimum Gasteiger partial charge on any atom is -0.345 e. The molecular formula is C10H12N2. The first kappa shape index (κ1) is 7.35. The summed E-state index contributed by atoms with van der Waals surface area (Å²) in [5, 5.41) is 0. The first-order valence-electron chi connectivity index (χ1n) is 4.09. The van der Waals surface area contributed by atoms with E-state index in [4.69, 9.17) is 0 Å². The lowest BCUT2D eigenvalue weighted by Gasteiger charge is -2.11. The van der Waals surface area contributed by atoms with E-state index in [1.807, 2.05) is 0 Å². The predicted octanol–water partition coefficient (Wildman–Crippen LogP) is 2.48. The van der Waals surface area contributed by atoms with Gasteiger partial charge in [-0.15, -0.1) is 0 Å². The molecule has 0 atom stereocenters. The summed E-state index contributed by atoms with van der Waals surface area (Å²) >= 11 is 0. The molecule has 0 fully saturated rings. The molecular weight excluding hydrogens is 148 g/mol. The molecule has 0 saturated carbocycles. The van der Waals surface area contributed by atoms with Crippen molar-refractivity contribution in [2.45, 2.75) is 13.8 Å². The van der Waals surface area contributed by atoms with Crippen molar-refractivity contribution in [3.05, 3.63) is 29.9 Å². The van der Waals surface area contributed by atoms with Crippen molar-refractivity contribution >= 4 is 12.2 Å². The Morgan fingerprint density at radius 3 is 2.83 bits per heavy atom. The van der Waals surface area contributed by atoms with Crippen LogP contribution in [-0.4, -0.2) is 9.97 Å². The summed E-state index contributed by atoms with van der Waals surface area (Å²) in [6.07, 6.45) is 10.2. The van der Waals surface area contributed by atoms with Gasteiger partial charge in [0.2, 0.25) is 0 Å². The number of aromatic nitrogens is 2. The molecule has 0 radical (unpaired) electrons. The molecule has 2 heteroatoms. The number of allylic oxidation sites excluding steroid dienone is 2. The maximum absolute atomic E-state index is 4.19. The van der Waals surface area contributed by atoms with E-state index in [-0.39, 0.29) is 5.41 Å². The Bertz CT molecular complexity index is 312. The van der Waals surface area contributed by atoms with Gasteiger partial charge in [0.1, 0.15) is 0 Å². The quantitative estimate of drug-likeness (QED) is 0.620. The SMILES string of the molecule is CC1(C)C=Cc2nc[nH]c2C=C1. The molecule has 62 valence electrons. The van der Waals surface area contributed by atoms with Crippen LogP contribution in [0.2, 0.25) is 0 Å². The fourth-order valence-electron chi connectivity index (χ4n) is 1.23. The lowest BCUT2D eigenvalue weighted by Crippen LogP contribution is -2.00. The van der Waals surface area contributed by atoms with Crippen molar-refractivity contribution < 1.29 is 0 Å². The van der Waals surface area contributed by atoms with Crippen LogP contribution in [0.5, 0.6) is 0 Å². The Hall–Kier alpha value is -1.31.